The van der Waals surface area contributed by atoms with E-state index >= 15 is 0 Å². The van der Waals surface area contributed by atoms with Gasteiger partial charge in [0.15, 0.2) is 0 Å². The average Bonchev–Trinajstić information content (AvgIpc) is 2.88. The fraction of sp³-hybridized carbons (Fsp3) is 0.412. The number of phenolic OH excluding ortho intramolecular Hbond substituents is 1. The molecule has 1 aromatic carbocycles. The monoisotopic (exact) mass is 268 g/mol. The first-order valence-electron chi connectivity index (χ1n) is 7.51. The Morgan fingerprint density at radius 3 is 2.95 bits per heavy atom. The second-order valence-corrected chi connectivity index (χ2v) is 6.08. The zero-order valence-electron chi connectivity index (χ0n) is 11.5. The first kappa shape index (κ1) is 12.0. The fourth-order valence-corrected chi connectivity index (χ4v) is 3.65. The smallest absolute Gasteiger partial charge is 0.116 e. The van der Waals surface area contributed by atoms with Gasteiger partial charge < -0.3 is 10.1 Å². The van der Waals surface area contributed by atoms with E-state index in [1.54, 1.807) is 6.07 Å². The van der Waals surface area contributed by atoms with E-state index < -0.39 is 0 Å². The highest BCUT2D eigenvalue weighted by atomic mass is 16.3. The molecule has 20 heavy (non-hydrogen) atoms. The molecular formula is C17H20N2O. The Kier molecular flexibility index (Phi) is 2.81. The third-order valence-electron chi connectivity index (χ3n) is 4.80. The molecule has 1 aliphatic carbocycles. The highest BCUT2D eigenvalue weighted by molar-refractivity contribution is 5.84. The molecule has 1 fully saturated rings. The molecule has 0 radical (unpaired) electrons. The van der Waals surface area contributed by atoms with Gasteiger partial charge in [0, 0.05) is 36.2 Å². The molecule has 0 amide bonds. The predicted molar refractivity (Wildman–Crippen MR) is 80.9 cm³/mol. The molecule has 5 rings (SSSR count). The van der Waals surface area contributed by atoms with Gasteiger partial charge in [0.05, 0.1) is 0 Å². The third-order valence-corrected chi connectivity index (χ3v) is 4.80. The molecule has 3 aliphatic rings. The van der Waals surface area contributed by atoms with Crippen molar-refractivity contribution in [3.05, 3.63) is 42.1 Å². The Morgan fingerprint density at radius 1 is 1.25 bits per heavy atom. The van der Waals surface area contributed by atoms with Crippen LogP contribution in [0.3, 0.4) is 0 Å². The summed E-state index contributed by atoms with van der Waals surface area (Å²) in [5.74, 6) is 1.12. The summed E-state index contributed by atoms with van der Waals surface area (Å²) in [5, 5.41) is 10.8. The lowest BCUT2D eigenvalue weighted by atomic mass is 9.86. The van der Waals surface area contributed by atoms with Gasteiger partial charge in [-0.15, -0.1) is 0 Å². The molecule has 2 atom stereocenters. The van der Waals surface area contributed by atoms with Gasteiger partial charge in [-0.2, -0.15) is 0 Å². The van der Waals surface area contributed by atoms with Gasteiger partial charge in [0.25, 0.3) is 0 Å². The van der Waals surface area contributed by atoms with Crippen LogP contribution in [0.1, 0.15) is 18.4 Å². The predicted octanol–water partition coefficient (Wildman–Crippen LogP) is 3.07. The highest BCUT2D eigenvalue weighted by Gasteiger charge is 2.29. The summed E-state index contributed by atoms with van der Waals surface area (Å²) in [7, 11) is 0. The number of nitrogens with zero attached hydrogens (tertiary/aromatic N) is 1. The molecule has 3 heteroatoms. The Labute approximate surface area is 118 Å². The fourth-order valence-electron chi connectivity index (χ4n) is 3.65. The summed E-state index contributed by atoms with van der Waals surface area (Å²) in [6.07, 6.45) is 10.6. The molecule has 1 saturated heterocycles. The van der Waals surface area contributed by atoms with Crippen LogP contribution in [-0.2, 0) is 6.42 Å². The van der Waals surface area contributed by atoms with Crippen molar-refractivity contribution in [1.29, 1.82) is 0 Å². The normalized spacial score (nSPS) is 25.6. The number of fused-ring (bicyclic) bond motifs is 3. The zero-order valence-corrected chi connectivity index (χ0v) is 11.5. The van der Waals surface area contributed by atoms with Crippen molar-refractivity contribution in [3.8, 4) is 5.75 Å². The van der Waals surface area contributed by atoms with E-state index in [1.807, 2.05) is 12.1 Å². The molecule has 2 N–H and O–H groups in total. The number of hydrogen-bond donors (Lipinski definition) is 2. The lowest BCUT2D eigenvalue weighted by Gasteiger charge is -2.41. The largest absolute Gasteiger partial charge is 0.508 e. The number of benzene rings is 1. The summed E-state index contributed by atoms with van der Waals surface area (Å²) in [6.45, 7) is 2.32. The lowest BCUT2D eigenvalue weighted by Crippen LogP contribution is -2.45. The van der Waals surface area contributed by atoms with Crippen LogP contribution in [0, 0.1) is 5.92 Å². The summed E-state index contributed by atoms with van der Waals surface area (Å²) in [4.78, 5) is 5.90. The van der Waals surface area contributed by atoms with E-state index in [9.17, 15) is 5.11 Å². The molecule has 104 valence electrons. The van der Waals surface area contributed by atoms with Crippen molar-refractivity contribution in [2.75, 3.05) is 13.1 Å². The summed E-state index contributed by atoms with van der Waals surface area (Å²) < 4.78 is 0. The molecule has 1 aromatic heterocycles. The van der Waals surface area contributed by atoms with E-state index in [2.05, 4.69) is 28.2 Å². The minimum atomic E-state index is 0.346. The van der Waals surface area contributed by atoms with E-state index in [0.717, 1.165) is 29.8 Å². The van der Waals surface area contributed by atoms with Crippen molar-refractivity contribution >= 4 is 10.9 Å². The molecule has 2 bridgehead atoms. The van der Waals surface area contributed by atoms with Crippen LogP contribution in [0.5, 0.6) is 5.75 Å². The molecule has 3 heterocycles. The van der Waals surface area contributed by atoms with E-state index in [0.29, 0.717) is 11.8 Å². The van der Waals surface area contributed by atoms with Gasteiger partial charge in [0.1, 0.15) is 5.75 Å². The van der Waals surface area contributed by atoms with Crippen molar-refractivity contribution in [1.82, 2.24) is 9.88 Å². The highest BCUT2D eigenvalue weighted by Crippen LogP contribution is 2.30. The van der Waals surface area contributed by atoms with Crippen LogP contribution < -0.4 is 0 Å². The molecule has 3 nitrogen and oxygen atoms in total. The molecule has 2 aliphatic heterocycles. The van der Waals surface area contributed by atoms with Crippen LogP contribution >= 0.6 is 0 Å². The van der Waals surface area contributed by atoms with Crippen LogP contribution in [0.25, 0.3) is 10.9 Å². The Hall–Kier alpha value is -1.74. The lowest BCUT2D eigenvalue weighted by molar-refractivity contribution is 0.139. The summed E-state index contributed by atoms with van der Waals surface area (Å²) in [6, 6.07) is 6.19. The van der Waals surface area contributed by atoms with Gasteiger partial charge >= 0.3 is 0 Å². The zero-order chi connectivity index (χ0) is 13.5. The van der Waals surface area contributed by atoms with Gasteiger partial charge in [-0.1, -0.05) is 12.2 Å². The van der Waals surface area contributed by atoms with Crippen LogP contribution in [-0.4, -0.2) is 34.1 Å². The maximum atomic E-state index is 9.64. The van der Waals surface area contributed by atoms with Crippen molar-refractivity contribution in [2.45, 2.75) is 25.3 Å². The molecule has 0 spiro atoms. The number of nitrogens with one attached hydrogen (secondary N) is 1. The Bertz CT molecular complexity index is 658. The van der Waals surface area contributed by atoms with Crippen molar-refractivity contribution in [2.24, 2.45) is 5.92 Å². The van der Waals surface area contributed by atoms with Gasteiger partial charge in [-0.3, -0.25) is 4.90 Å². The minimum absolute atomic E-state index is 0.346. The summed E-state index contributed by atoms with van der Waals surface area (Å²) >= 11 is 0. The van der Waals surface area contributed by atoms with Crippen LogP contribution in [0.4, 0.5) is 0 Å². The number of piperidine rings is 1. The molecular weight excluding hydrogens is 248 g/mol. The van der Waals surface area contributed by atoms with E-state index in [-0.39, 0.29) is 0 Å². The molecule has 2 aromatic rings. The number of rotatable bonds is 3. The topological polar surface area (TPSA) is 39.3 Å². The van der Waals surface area contributed by atoms with Crippen LogP contribution in [0.15, 0.2) is 36.5 Å². The van der Waals surface area contributed by atoms with Crippen molar-refractivity contribution in [3.63, 3.8) is 0 Å². The SMILES string of the molecule is Oc1ccc2[nH]cc(CCN3C[C@H]4C=C[C@@H]3CC4)c2c1. The van der Waals surface area contributed by atoms with Crippen LogP contribution in [0.2, 0.25) is 0 Å². The number of aromatic amines is 1. The van der Waals surface area contributed by atoms with E-state index in [4.69, 9.17) is 0 Å². The second-order valence-electron chi connectivity index (χ2n) is 6.08. The Morgan fingerprint density at radius 2 is 2.20 bits per heavy atom. The first-order chi connectivity index (χ1) is 9.79. The number of phenols is 1. The molecule has 0 saturated carbocycles. The number of hydrogen-bond acceptors (Lipinski definition) is 2. The quantitative estimate of drug-likeness (QED) is 0.840. The Balaban J connectivity index is 1.51. The van der Waals surface area contributed by atoms with Gasteiger partial charge in [0.2, 0.25) is 0 Å². The van der Waals surface area contributed by atoms with Gasteiger partial charge in [-0.25, -0.2) is 0 Å². The molecule has 0 unspecified atom stereocenters. The second kappa shape index (κ2) is 4.67. The number of aromatic hydroxyl groups is 1. The minimum Gasteiger partial charge on any atom is -0.508 e. The average molecular weight is 268 g/mol. The maximum Gasteiger partial charge on any atom is 0.116 e. The number of aromatic nitrogens is 1. The maximum absolute atomic E-state index is 9.64. The van der Waals surface area contributed by atoms with Crippen molar-refractivity contribution < 1.29 is 5.11 Å². The summed E-state index contributed by atoms with van der Waals surface area (Å²) in [5.41, 5.74) is 2.42. The third kappa shape index (κ3) is 2.02. The number of H-pyrrole nitrogens is 1. The first-order valence-corrected chi connectivity index (χ1v) is 7.51. The van der Waals surface area contributed by atoms with Gasteiger partial charge in [-0.05, 0) is 48.9 Å². The van der Waals surface area contributed by atoms with E-state index in [1.165, 1.54) is 24.9 Å². The standard InChI is InChI=1S/C17H20N2O/c20-15-5-6-17-16(9-15)13(10-18-17)7-8-19-11-12-1-3-14(19)4-2-12/h1,3,5-6,9-10,12,14,18,20H,2,4,7-8,11H2/t12-,14+/m0/s1.